The van der Waals surface area contributed by atoms with Gasteiger partial charge in [0, 0.05) is 6.42 Å². The highest BCUT2D eigenvalue weighted by Crippen LogP contribution is 2.40. The molecule has 1 unspecified atom stereocenters. The van der Waals surface area contributed by atoms with Crippen molar-refractivity contribution in [2.45, 2.75) is 65.3 Å². The van der Waals surface area contributed by atoms with Gasteiger partial charge in [-0.05, 0) is 56.1 Å². The zero-order chi connectivity index (χ0) is 13.0. The first-order valence-corrected chi connectivity index (χ1v) is 7.68. The van der Waals surface area contributed by atoms with Crippen LogP contribution < -0.4 is 5.32 Å². The van der Waals surface area contributed by atoms with E-state index in [1.165, 1.54) is 37.9 Å². The fourth-order valence-corrected chi connectivity index (χ4v) is 3.21. The molecule has 1 atom stereocenters. The van der Waals surface area contributed by atoms with Crippen molar-refractivity contribution in [3.63, 3.8) is 0 Å². The highest BCUT2D eigenvalue weighted by molar-refractivity contribution is 5.10. The number of ether oxygens (including phenoxy) is 1. The number of nitrogens with one attached hydrogen (secondary N) is 1. The van der Waals surface area contributed by atoms with E-state index in [1.807, 2.05) is 0 Å². The Labute approximate surface area is 112 Å². The molecule has 0 amide bonds. The maximum absolute atomic E-state index is 5.82. The molecule has 104 valence electrons. The zero-order valence-corrected chi connectivity index (χ0v) is 12.3. The predicted molar refractivity (Wildman–Crippen MR) is 76.5 cm³/mol. The average molecular weight is 251 g/mol. The smallest absolute Gasteiger partial charge is 0.109 e. The van der Waals surface area contributed by atoms with Crippen LogP contribution >= 0.6 is 0 Å². The Morgan fingerprint density at radius 3 is 2.67 bits per heavy atom. The van der Waals surface area contributed by atoms with Gasteiger partial charge in [-0.3, -0.25) is 0 Å². The van der Waals surface area contributed by atoms with Crippen LogP contribution in [0.1, 0.15) is 59.3 Å². The van der Waals surface area contributed by atoms with E-state index < -0.39 is 0 Å². The molecule has 1 fully saturated rings. The molecule has 1 heterocycles. The van der Waals surface area contributed by atoms with Gasteiger partial charge in [-0.15, -0.1) is 0 Å². The lowest BCUT2D eigenvalue weighted by molar-refractivity contribution is 0.135. The number of hydrogen-bond acceptors (Lipinski definition) is 2. The minimum Gasteiger partial charge on any atom is -0.496 e. The lowest BCUT2D eigenvalue weighted by Crippen LogP contribution is -2.41. The second-order valence-corrected chi connectivity index (χ2v) is 6.68. The first-order chi connectivity index (χ1) is 8.62. The number of hydrogen-bond donors (Lipinski definition) is 1. The van der Waals surface area contributed by atoms with Crippen LogP contribution in [0.5, 0.6) is 0 Å². The van der Waals surface area contributed by atoms with Crippen LogP contribution in [0.2, 0.25) is 0 Å². The van der Waals surface area contributed by atoms with Gasteiger partial charge in [-0.2, -0.15) is 0 Å². The molecule has 1 aliphatic heterocycles. The molecule has 2 heteroatoms. The van der Waals surface area contributed by atoms with Crippen LogP contribution in [0.4, 0.5) is 0 Å². The predicted octanol–water partition coefficient (Wildman–Crippen LogP) is 3.88. The minimum absolute atomic E-state index is 0.476. The van der Waals surface area contributed by atoms with Gasteiger partial charge in [0.05, 0.1) is 12.6 Å². The van der Waals surface area contributed by atoms with Gasteiger partial charge in [0.25, 0.3) is 0 Å². The third-order valence-corrected chi connectivity index (χ3v) is 4.51. The van der Waals surface area contributed by atoms with Gasteiger partial charge in [0.2, 0.25) is 0 Å². The summed E-state index contributed by atoms with van der Waals surface area (Å²) in [4.78, 5) is 0. The molecular weight excluding hydrogens is 222 g/mol. The van der Waals surface area contributed by atoms with Crippen molar-refractivity contribution in [2.24, 2.45) is 11.3 Å². The van der Waals surface area contributed by atoms with Crippen molar-refractivity contribution < 1.29 is 4.74 Å². The normalized spacial score (nSPS) is 25.6. The van der Waals surface area contributed by atoms with E-state index in [9.17, 15) is 0 Å². The summed E-state index contributed by atoms with van der Waals surface area (Å²) in [6.07, 6.45) is 9.99. The molecule has 2 nitrogen and oxygen atoms in total. The highest BCUT2D eigenvalue weighted by Gasteiger charge is 2.33. The van der Waals surface area contributed by atoms with Crippen LogP contribution in [0.3, 0.4) is 0 Å². The average Bonchev–Trinajstić information content (AvgIpc) is 2.85. The molecule has 1 saturated carbocycles. The molecule has 2 rings (SSSR count). The summed E-state index contributed by atoms with van der Waals surface area (Å²) in [6, 6.07) is 0.476. The lowest BCUT2D eigenvalue weighted by atomic mass is 9.71. The molecule has 1 aliphatic carbocycles. The Balaban J connectivity index is 1.96. The van der Waals surface area contributed by atoms with Crippen LogP contribution in [0, 0.1) is 11.3 Å². The summed E-state index contributed by atoms with van der Waals surface area (Å²) in [7, 11) is 0. The number of rotatable bonds is 5. The summed E-state index contributed by atoms with van der Waals surface area (Å²) in [5.74, 6) is 2.00. The van der Waals surface area contributed by atoms with E-state index in [4.69, 9.17) is 4.74 Å². The molecule has 0 bridgehead atoms. The van der Waals surface area contributed by atoms with Crippen LogP contribution in [0.25, 0.3) is 0 Å². The fourth-order valence-electron chi connectivity index (χ4n) is 3.21. The topological polar surface area (TPSA) is 21.3 Å². The Morgan fingerprint density at radius 1 is 1.39 bits per heavy atom. The van der Waals surface area contributed by atoms with E-state index in [1.54, 1.807) is 0 Å². The Hall–Kier alpha value is -0.500. The molecule has 2 aliphatic rings. The van der Waals surface area contributed by atoms with Crippen molar-refractivity contribution in [3.8, 4) is 0 Å². The zero-order valence-electron chi connectivity index (χ0n) is 12.3. The standard InChI is InChI=1S/C16H29NO/c1-4-11-17-15(14-6-5-12-18-14)13-7-9-16(2,3)10-8-13/h6,13,15,17H,4-5,7-12H2,1-3H3. The largest absolute Gasteiger partial charge is 0.496 e. The van der Waals surface area contributed by atoms with E-state index in [2.05, 4.69) is 32.2 Å². The van der Waals surface area contributed by atoms with Gasteiger partial charge >= 0.3 is 0 Å². The molecule has 18 heavy (non-hydrogen) atoms. The van der Waals surface area contributed by atoms with Gasteiger partial charge in [-0.1, -0.05) is 20.8 Å². The van der Waals surface area contributed by atoms with Gasteiger partial charge in [0.15, 0.2) is 0 Å². The Kier molecular flexibility index (Phi) is 4.71. The second-order valence-electron chi connectivity index (χ2n) is 6.68. The first kappa shape index (κ1) is 13.9. The van der Waals surface area contributed by atoms with Crippen molar-refractivity contribution in [2.75, 3.05) is 13.2 Å². The quantitative estimate of drug-likeness (QED) is 0.800. The van der Waals surface area contributed by atoms with Crippen molar-refractivity contribution >= 4 is 0 Å². The summed E-state index contributed by atoms with van der Waals surface area (Å²) in [5, 5.41) is 3.72. The van der Waals surface area contributed by atoms with Gasteiger partial charge in [-0.25, -0.2) is 0 Å². The molecule has 0 spiro atoms. The third kappa shape index (κ3) is 3.50. The summed E-state index contributed by atoms with van der Waals surface area (Å²) in [6.45, 7) is 9.03. The van der Waals surface area contributed by atoms with Crippen LogP contribution in [-0.4, -0.2) is 19.2 Å². The van der Waals surface area contributed by atoms with Crippen molar-refractivity contribution in [3.05, 3.63) is 11.8 Å². The Morgan fingerprint density at radius 2 is 2.11 bits per heavy atom. The Bertz CT molecular complexity index is 285. The summed E-state index contributed by atoms with van der Waals surface area (Å²) < 4.78 is 5.82. The van der Waals surface area contributed by atoms with Crippen molar-refractivity contribution in [1.29, 1.82) is 0 Å². The van der Waals surface area contributed by atoms with E-state index in [-0.39, 0.29) is 0 Å². The monoisotopic (exact) mass is 251 g/mol. The maximum atomic E-state index is 5.82. The van der Waals surface area contributed by atoms with Gasteiger partial charge in [0.1, 0.15) is 5.76 Å². The van der Waals surface area contributed by atoms with Crippen molar-refractivity contribution in [1.82, 2.24) is 5.32 Å². The highest BCUT2D eigenvalue weighted by atomic mass is 16.5. The van der Waals surface area contributed by atoms with Crippen LogP contribution in [0.15, 0.2) is 11.8 Å². The van der Waals surface area contributed by atoms with Crippen LogP contribution in [-0.2, 0) is 4.74 Å². The van der Waals surface area contributed by atoms with Gasteiger partial charge < -0.3 is 10.1 Å². The first-order valence-electron chi connectivity index (χ1n) is 7.68. The molecule has 0 aromatic carbocycles. The molecule has 0 radical (unpaired) electrons. The fraction of sp³-hybridized carbons (Fsp3) is 0.875. The molecular formula is C16H29NO. The third-order valence-electron chi connectivity index (χ3n) is 4.51. The lowest BCUT2D eigenvalue weighted by Gasteiger charge is -2.38. The van der Waals surface area contributed by atoms with E-state index >= 15 is 0 Å². The maximum Gasteiger partial charge on any atom is 0.109 e. The summed E-state index contributed by atoms with van der Waals surface area (Å²) in [5.41, 5.74) is 0.552. The second kappa shape index (κ2) is 6.10. The SMILES string of the molecule is CCCNC(C1=CCCO1)C1CCC(C)(C)CC1. The van der Waals surface area contributed by atoms with E-state index in [0.29, 0.717) is 11.5 Å². The molecule has 0 aromatic rings. The summed E-state index contributed by atoms with van der Waals surface area (Å²) >= 11 is 0. The molecule has 1 N–H and O–H groups in total. The minimum atomic E-state index is 0.476. The molecule has 0 saturated heterocycles. The van der Waals surface area contributed by atoms with E-state index in [0.717, 1.165) is 25.5 Å². The molecule has 0 aromatic heterocycles.